The quantitative estimate of drug-likeness (QED) is 0.449. The highest BCUT2D eigenvalue weighted by molar-refractivity contribution is 5.98. The zero-order valence-electron chi connectivity index (χ0n) is 13.4. The van der Waals surface area contributed by atoms with Crippen LogP contribution >= 0.6 is 0 Å². The minimum Gasteiger partial charge on any atom is -1.00 e. The van der Waals surface area contributed by atoms with Crippen LogP contribution in [0.1, 0.15) is 23.2 Å². The minimum atomic E-state index is 0. The molecule has 0 radical (unpaired) electrons. The van der Waals surface area contributed by atoms with E-state index in [2.05, 4.69) is 16.9 Å². The van der Waals surface area contributed by atoms with Gasteiger partial charge in [0.05, 0.1) is 38.7 Å². The Bertz CT molecular complexity index is 725. The summed E-state index contributed by atoms with van der Waals surface area (Å²) < 4.78 is 1.13. The van der Waals surface area contributed by atoms with E-state index in [0.29, 0.717) is 6.04 Å². The Kier molecular flexibility index (Phi) is 4.60. The molecule has 0 N–H and O–H groups in total. The number of benzene rings is 1. The number of fused-ring (bicyclic) bond motifs is 5. The van der Waals surface area contributed by atoms with Crippen LogP contribution in [0.5, 0.6) is 0 Å². The molecule has 0 unspecified atom stereocenters. The lowest BCUT2D eigenvalue weighted by molar-refractivity contribution is -0.910. The fourth-order valence-corrected chi connectivity index (χ4v) is 3.89. The number of rotatable bonds is 1. The van der Waals surface area contributed by atoms with Crippen molar-refractivity contribution in [2.45, 2.75) is 18.9 Å². The van der Waals surface area contributed by atoms with Crippen LogP contribution in [-0.2, 0) is 0 Å². The first-order valence-corrected chi connectivity index (χ1v) is 8.14. The maximum absolute atomic E-state index is 13.0. The first-order valence-electron chi connectivity index (χ1n) is 8.14. The molecule has 0 saturated carbocycles. The van der Waals surface area contributed by atoms with Crippen molar-refractivity contribution in [2.24, 2.45) is 0 Å². The molecule has 0 atom stereocenters. The van der Waals surface area contributed by atoms with Crippen LogP contribution in [0.25, 0.3) is 10.9 Å². The number of hydrogen-bond donors (Lipinski definition) is 0. The van der Waals surface area contributed by atoms with Crippen molar-refractivity contribution in [1.29, 1.82) is 0 Å². The van der Waals surface area contributed by atoms with Crippen LogP contribution in [0, 0.1) is 0 Å². The first-order chi connectivity index (χ1) is 10.6. The molecule has 4 heterocycles. The number of likely N-dealkylation sites (N-methyl/N-ethyl adjacent to an activating group) is 1. The van der Waals surface area contributed by atoms with Crippen LogP contribution in [0.15, 0.2) is 36.5 Å². The van der Waals surface area contributed by atoms with Gasteiger partial charge in [0.15, 0.2) is 0 Å². The molecule has 5 heteroatoms. The van der Waals surface area contributed by atoms with Gasteiger partial charge in [-0.05, 0) is 24.3 Å². The number of quaternary nitrogens is 1. The number of halogens is 1. The van der Waals surface area contributed by atoms with E-state index in [1.807, 2.05) is 30.3 Å². The summed E-state index contributed by atoms with van der Waals surface area (Å²) in [6.45, 7) is 4.37. The van der Waals surface area contributed by atoms with Gasteiger partial charge in [0.25, 0.3) is 5.91 Å². The van der Waals surface area contributed by atoms with Crippen molar-refractivity contribution in [2.75, 3.05) is 33.2 Å². The van der Waals surface area contributed by atoms with E-state index >= 15 is 0 Å². The molecule has 3 aliphatic heterocycles. The number of aromatic nitrogens is 1. The number of carbonyl (C=O) groups excluding carboxylic acids is 1. The summed E-state index contributed by atoms with van der Waals surface area (Å²) in [6, 6.07) is 10.2. The topological polar surface area (TPSA) is 33.2 Å². The lowest BCUT2D eigenvalue weighted by atomic mass is 10.0. The van der Waals surface area contributed by atoms with Gasteiger partial charge in [0.1, 0.15) is 0 Å². The fraction of sp³-hybridized carbons (Fsp3) is 0.444. The highest BCUT2D eigenvalue weighted by atomic mass is 127. The number of amides is 1. The van der Waals surface area contributed by atoms with E-state index in [9.17, 15) is 4.79 Å². The molecule has 23 heavy (non-hydrogen) atoms. The van der Waals surface area contributed by atoms with E-state index in [0.717, 1.165) is 46.9 Å². The molecule has 4 nitrogen and oxygen atoms in total. The zero-order valence-corrected chi connectivity index (χ0v) is 15.6. The second-order valence-electron chi connectivity index (χ2n) is 6.93. The predicted molar refractivity (Wildman–Crippen MR) is 86.6 cm³/mol. The molecule has 2 aromatic rings. The first kappa shape index (κ1) is 16.6. The maximum atomic E-state index is 13.0. The molecule has 5 rings (SSSR count). The summed E-state index contributed by atoms with van der Waals surface area (Å²) in [6.07, 6.45) is 4.06. The van der Waals surface area contributed by atoms with E-state index in [1.165, 1.54) is 13.1 Å². The minimum absolute atomic E-state index is 0. The smallest absolute Gasteiger partial charge is 0.254 e. The molecule has 3 saturated heterocycles. The predicted octanol–water partition coefficient (Wildman–Crippen LogP) is -0.696. The summed E-state index contributed by atoms with van der Waals surface area (Å²) in [5.41, 5.74) is 1.74. The number of piperidine rings is 1. The largest absolute Gasteiger partial charge is 1.00 e. The lowest BCUT2D eigenvalue weighted by Gasteiger charge is -2.36. The Morgan fingerprint density at radius 2 is 2.00 bits per heavy atom. The molecule has 3 fully saturated rings. The molecular weight excluding hydrogens is 401 g/mol. The van der Waals surface area contributed by atoms with E-state index in [4.69, 9.17) is 0 Å². The lowest BCUT2D eigenvalue weighted by Crippen LogP contribution is -3.00. The number of carbonyl (C=O) groups is 1. The third-order valence-corrected chi connectivity index (χ3v) is 5.44. The van der Waals surface area contributed by atoms with Gasteiger partial charge in [0.2, 0.25) is 0 Å². The zero-order chi connectivity index (χ0) is 15.2. The molecular formula is C18H22IN3O. The third-order valence-electron chi connectivity index (χ3n) is 5.44. The molecule has 0 aliphatic carbocycles. The monoisotopic (exact) mass is 423 g/mol. The van der Waals surface area contributed by atoms with Gasteiger partial charge >= 0.3 is 0 Å². The van der Waals surface area contributed by atoms with Gasteiger partial charge in [-0.15, -0.1) is 0 Å². The molecule has 1 amide bonds. The van der Waals surface area contributed by atoms with Gasteiger partial charge < -0.3 is 33.4 Å². The molecule has 0 spiro atoms. The summed E-state index contributed by atoms with van der Waals surface area (Å²) in [4.78, 5) is 19.4. The Labute approximate surface area is 154 Å². The SMILES string of the molecule is C[N+]12CCC(CC1)N(C(=O)c1ccc3ncccc3c1)CC2.[I-]. The molecule has 122 valence electrons. The number of pyridine rings is 1. The second-order valence-corrected chi connectivity index (χ2v) is 6.93. The van der Waals surface area contributed by atoms with Gasteiger partial charge in [0, 0.05) is 36.0 Å². The normalized spacial score (nSPS) is 26.7. The van der Waals surface area contributed by atoms with Crippen LogP contribution in [0.4, 0.5) is 0 Å². The van der Waals surface area contributed by atoms with Crippen molar-refractivity contribution >= 4 is 16.8 Å². The summed E-state index contributed by atoms with van der Waals surface area (Å²) in [7, 11) is 2.33. The highest BCUT2D eigenvalue weighted by Gasteiger charge is 2.39. The summed E-state index contributed by atoms with van der Waals surface area (Å²) >= 11 is 0. The molecule has 1 aromatic heterocycles. The standard InChI is InChI=1S/C18H22N3O.HI/c1-21-10-6-16(7-11-21)20(9-12-21)18(22)15-4-5-17-14(13-15)3-2-8-19-17;/h2-5,8,13,16H,6-7,9-12H2,1H3;1H/q+1;/p-1. The van der Waals surface area contributed by atoms with Crippen LogP contribution < -0.4 is 24.0 Å². The van der Waals surface area contributed by atoms with Gasteiger partial charge in [-0.1, -0.05) is 6.07 Å². The highest BCUT2D eigenvalue weighted by Crippen LogP contribution is 2.27. The maximum Gasteiger partial charge on any atom is 0.254 e. The van der Waals surface area contributed by atoms with E-state index in [1.54, 1.807) is 6.20 Å². The Balaban J connectivity index is 0.00000156. The number of nitrogens with zero attached hydrogens (tertiary/aromatic N) is 3. The van der Waals surface area contributed by atoms with E-state index < -0.39 is 0 Å². The van der Waals surface area contributed by atoms with Crippen LogP contribution in [0.2, 0.25) is 0 Å². The van der Waals surface area contributed by atoms with Crippen molar-refractivity contribution < 1.29 is 33.3 Å². The van der Waals surface area contributed by atoms with Crippen LogP contribution in [0.3, 0.4) is 0 Å². The molecule has 2 bridgehead atoms. The van der Waals surface area contributed by atoms with Crippen molar-refractivity contribution in [3.05, 3.63) is 42.1 Å². The Morgan fingerprint density at radius 1 is 1.22 bits per heavy atom. The Morgan fingerprint density at radius 3 is 2.78 bits per heavy atom. The fourth-order valence-electron chi connectivity index (χ4n) is 3.89. The summed E-state index contributed by atoms with van der Waals surface area (Å²) in [5, 5.41) is 1.04. The second kappa shape index (κ2) is 6.36. The summed E-state index contributed by atoms with van der Waals surface area (Å²) in [5.74, 6) is 0.186. The van der Waals surface area contributed by atoms with Crippen molar-refractivity contribution in [3.63, 3.8) is 0 Å². The van der Waals surface area contributed by atoms with Crippen molar-refractivity contribution in [3.8, 4) is 0 Å². The average molecular weight is 423 g/mol. The third kappa shape index (κ3) is 3.08. The van der Waals surface area contributed by atoms with Gasteiger partial charge in [-0.3, -0.25) is 9.78 Å². The van der Waals surface area contributed by atoms with Gasteiger partial charge in [-0.25, -0.2) is 0 Å². The van der Waals surface area contributed by atoms with Gasteiger partial charge in [-0.2, -0.15) is 0 Å². The van der Waals surface area contributed by atoms with Crippen molar-refractivity contribution in [1.82, 2.24) is 9.88 Å². The molecule has 1 aromatic carbocycles. The van der Waals surface area contributed by atoms with E-state index in [-0.39, 0.29) is 29.9 Å². The average Bonchev–Trinajstić information content (AvgIpc) is 2.82. The molecule has 3 aliphatic rings. The Hall–Kier alpha value is -1.21. The van der Waals surface area contributed by atoms with Crippen LogP contribution in [-0.4, -0.2) is 59.5 Å². The number of hydrogen-bond acceptors (Lipinski definition) is 2.